The van der Waals surface area contributed by atoms with Crippen LogP contribution in [-0.4, -0.2) is 23.2 Å². The molecule has 1 aromatic heterocycles. The zero-order valence-electron chi connectivity index (χ0n) is 12.9. The highest BCUT2D eigenvalue weighted by molar-refractivity contribution is 6.29. The van der Waals surface area contributed by atoms with Crippen LogP contribution in [0.3, 0.4) is 0 Å². The number of halogens is 1. The first-order valence-electron chi connectivity index (χ1n) is 7.89. The van der Waals surface area contributed by atoms with Crippen LogP contribution >= 0.6 is 11.6 Å². The van der Waals surface area contributed by atoms with Crippen LogP contribution in [0, 0.1) is 0 Å². The number of rotatable bonds is 4. The van der Waals surface area contributed by atoms with Crippen molar-refractivity contribution in [3.05, 3.63) is 40.8 Å². The Morgan fingerprint density at radius 3 is 2.70 bits per heavy atom. The van der Waals surface area contributed by atoms with Crippen molar-refractivity contribution in [1.29, 1.82) is 0 Å². The Labute approximate surface area is 140 Å². The lowest BCUT2D eigenvalue weighted by molar-refractivity contribution is 0.171. The Balaban J connectivity index is 1.54. The molecule has 1 aromatic carbocycles. The molecule has 1 saturated carbocycles. The predicted octanol–water partition coefficient (Wildman–Crippen LogP) is 3.95. The Bertz CT molecular complexity index is 734. The number of nitrogens with zero attached hydrogens (tertiary/aromatic N) is 2. The van der Waals surface area contributed by atoms with Gasteiger partial charge in [-0.1, -0.05) is 17.7 Å². The summed E-state index contributed by atoms with van der Waals surface area (Å²) in [7, 11) is 0. The molecule has 0 saturated heterocycles. The van der Waals surface area contributed by atoms with E-state index >= 15 is 0 Å². The average Bonchev–Trinajstić information content (AvgIpc) is 3.38. The second kappa shape index (κ2) is 5.89. The number of hydrogen-bond acceptors (Lipinski definition) is 5. The Hall–Kier alpha value is -2.01. The van der Waals surface area contributed by atoms with Crippen LogP contribution in [0.1, 0.15) is 43.1 Å². The summed E-state index contributed by atoms with van der Waals surface area (Å²) in [4.78, 5) is 8.90. The van der Waals surface area contributed by atoms with E-state index in [9.17, 15) is 0 Å². The quantitative estimate of drug-likeness (QED) is 0.860. The molecule has 5 nitrogen and oxygen atoms in total. The smallest absolute Gasteiger partial charge is 0.161 e. The first-order valence-corrected chi connectivity index (χ1v) is 8.27. The molecular weight excluding hydrogens is 314 g/mol. The first-order chi connectivity index (χ1) is 11.2. The molecule has 1 atom stereocenters. The van der Waals surface area contributed by atoms with Gasteiger partial charge in [0, 0.05) is 12.0 Å². The number of nitrogens with one attached hydrogen (secondary N) is 1. The lowest BCUT2D eigenvalue weighted by Gasteiger charge is -2.21. The fraction of sp³-hybridized carbons (Fsp3) is 0.412. The molecule has 2 aliphatic rings. The van der Waals surface area contributed by atoms with Gasteiger partial charge in [-0.05, 0) is 37.5 Å². The lowest BCUT2D eigenvalue weighted by atomic mass is 10.1. The molecule has 23 heavy (non-hydrogen) atoms. The second-order valence-electron chi connectivity index (χ2n) is 5.98. The molecule has 4 rings (SSSR count). The second-order valence-corrected chi connectivity index (χ2v) is 6.36. The SMILES string of the molecule is CC(Nc1cc(Cl)nc(C2CC2)n1)c1ccc2c(c1)OCCO2. The average molecular weight is 332 g/mol. The molecule has 0 radical (unpaired) electrons. The minimum Gasteiger partial charge on any atom is -0.486 e. The van der Waals surface area contributed by atoms with Crippen LogP contribution in [0.25, 0.3) is 0 Å². The minimum atomic E-state index is 0.0730. The summed E-state index contributed by atoms with van der Waals surface area (Å²) in [6, 6.07) is 7.84. The maximum atomic E-state index is 6.12. The topological polar surface area (TPSA) is 56.3 Å². The van der Waals surface area contributed by atoms with Crippen LogP contribution in [0.2, 0.25) is 5.15 Å². The van der Waals surface area contributed by atoms with Gasteiger partial charge in [0.25, 0.3) is 0 Å². The van der Waals surface area contributed by atoms with Crippen LogP contribution < -0.4 is 14.8 Å². The van der Waals surface area contributed by atoms with Gasteiger partial charge in [-0.25, -0.2) is 9.97 Å². The van der Waals surface area contributed by atoms with E-state index in [1.165, 1.54) is 0 Å². The monoisotopic (exact) mass is 331 g/mol. The molecule has 1 aliphatic heterocycles. The molecule has 1 aliphatic carbocycles. The third kappa shape index (κ3) is 3.20. The van der Waals surface area contributed by atoms with Crippen molar-refractivity contribution in [1.82, 2.24) is 9.97 Å². The molecule has 0 bridgehead atoms. The number of anilines is 1. The third-order valence-corrected chi connectivity index (χ3v) is 4.28. The zero-order chi connectivity index (χ0) is 15.8. The van der Waals surface area contributed by atoms with Crippen LogP contribution in [-0.2, 0) is 0 Å². The maximum absolute atomic E-state index is 6.12. The van der Waals surface area contributed by atoms with Crippen molar-refractivity contribution in [2.75, 3.05) is 18.5 Å². The van der Waals surface area contributed by atoms with Gasteiger partial charge in [-0.3, -0.25) is 0 Å². The molecule has 2 heterocycles. The highest BCUT2D eigenvalue weighted by atomic mass is 35.5. The summed E-state index contributed by atoms with van der Waals surface area (Å²) < 4.78 is 11.2. The van der Waals surface area contributed by atoms with Gasteiger partial charge in [0.2, 0.25) is 0 Å². The zero-order valence-corrected chi connectivity index (χ0v) is 13.6. The lowest BCUT2D eigenvalue weighted by Crippen LogP contribution is -2.16. The Morgan fingerprint density at radius 1 is 1.13 bits per heavy atom. The molecule has 1 fully saturated rings. The molecule has 0 amide bonds. The summed E-state index contributed by atoms with van der Waals surface area (Å²) in [5, 5.41) is 3.88. The van der Waals surface area contributed by atoms with Crippen molar-refractivity contribution in [3.63, 3.8) is 0 Å². The van der Waals surface area contributed by atoms with Crippen molar-refractivity contribution in [3.8, 4) is 11.5 Å². The minimum absolute atomic E-state index is 0.0730. The van der Waals surface area contributed by atoms with Crippen molar-refractivity contribution < 1.29 is 9.47 Å². The Kier molecular flexibility index (Phi) is 3.73. The van der Waals surface area contributed by atoms with Crippen LogP contribution in [0.5, 0.6) is 11.5 Å². The number of hydrogen-bond donors (Lipinski definition) is 1. The van der Waals surface area contributed by atoms with Gasteiger partial charge in [-0.15, -0.1) is 0 Å². The van der Waals surface area contributed by atoms with Gasteiger partial charge in [0.05, 0.1) is 6.04 Å². The number of ether oxygens (including phenoxy) is 2. The van der Waals surface area contributed by atoms with E-state index in [-0.39, 0.29) is 6.04 Å². The van der Waals surface area contributed by atoms with E-state index in [1.54, 1.807) is 6.07 Å². The van der Waals surface area contributed by atoms with Crippen molar-refractivity contribution >= 4 is 17.4 Å². The number of fused-ring (bicyclic) bond motifs is 1. The molecule has 6 heteroatoms. The fourth-order valence-electron chi connectivity index (χ4n) is 2.67. The fourth-order valence-corrected chi connectivity index (χ4v) is 2.86. The summed E-state index contributed by atoms with van der Waals surface area (Å²) in [5.41, 5.74) is 1.11. The van der Waals surface area contributed by atoms with E-state index in [4.69, 9.17) is 21.1 Å². The highest BCUT2D eigenvalue weighted by Crippen LogP contribution is 2.39. The normalized spacial score (nSPS) is 17.7. The highest BCUT2D eigenvalue weighted by Gasteiger charge is 2.27. The summed E-state index contributed by atoms with van der Waals surface area (Å²) >= 11 is 6.12. The Morgan fingerprint density at radius 2 is 1.91 bits per heavy atom. The number of benzene rings is 1. The van der Waals surface area contributed by atoms with E-state index in [0.717, 1.165) is 41.5 Å². The van der Waals surface area contributed by atoms with Gasteiger partial charge in [0.15, 0.2) is 11.5 Å². The predicted molar refractivity (Wildman–Crippen MR) is 88.5 cm³/mol. The van der Waals surface area contributed by atoms with E-state index in [2.05, 4.69) is 22.2 Å². The maximum Gasteiger partial charge on any atom is 0.161 e. The summed E-state index contributed by atoms with van der Waals surface area (Å²) in [5.74, 6) is 3.66. The van der Waals surface area contributed by atoms with Gasteiger partial charge >= 0.3 is 0 Å². The molecule has 2 aromatic rings. The molecule has 120 valence electrons. The molecule has 1 N–H and O–H groups in total. The molecule has 1 unspecified atom stereocenters. The van der Waals surface area contributed by atoms with Gasteiger partial charge in [-0.2, -0.15) is 0 Å². The number of aromatic nitrogens is 2. The summed E-state index contributed by atoms with van der Waals surface area (Å²) in [6.07, 6.45) is 2.30. The van der Waals surface area contributed by atoms with E-state index in [1.807, 2.05) is 18.2 Å². The van der Waals surface area contributed by atoms with Crippen LogP contribution in [0.4, 0.5) is 5.82 Å². The van der Waals surface area contributed by atoms with E-state index in [0.29, 0.717) is 24.3 Å². The molecular formula is C17H18ClN3O2. The standard InChI is InChI=1S/C17H18ClN3O2/c1-10(12-4-5-13-14(8-12)23-7-6-22-13)19-16-9-15(18)20-17(21-16)11-2-3-11/h4-5,8-11H,2-3,6-7H2,1H3,(H,19,20,21). The summed E-state index contributed by atoms with van der Waals surface area (Å²) in [6.45, 7) is 3.27. The first kappa shape index (κ1) is 14.6. The van der Waals surface area contributed by atoms with Crippen molar-refractivity contribution in [2.45, 2.75) is 31.7 Å². The van der Waals surface area contributed by atoms with Crippen molar-refractivity contribution in [2.24, 2.45) is 0 Å². The third-order valence-electron chi connectivity index (χ3n) is 4.09. The molecule has 0 spiro atoms. The van der Waals surface area contributed by atoms with Gasteiger partial charge in [0.1, 0.15) is 30.0 Å². The largest absolute Gasteiger partial charge is 0.486 e. The van der Waals surface area contributed by atoms with Crippen LogP contribution in [0.15, 0.2) is 24.3 Å². The van der Waals surface area contributed by atoms with E-state index < -0.39 is 0 Å². The van der Waals surface area contributed by atoms with Gasteiger partial charge < -0.3 is 14.8 Å².